The minimum atomic E-state index is -0.407. The zero-order chi connectivity index (χ0) is 9.31. The Balaban J connectivity index is 1.86. The van der Waals surface area contributed by atoms with Crippen LogP contribution in [-0.2, 0) is 14.3 Å². The molecule has 0 aromatic heterocycles. The monoisotopic (exact) mass is 184 g/mol. The van der Waals surface area contributed by atoms with E-state index in [4.69, 9.17) is 9.47 Å². The maximum atomic E-state index is 11.0. The van der Waals surface area contributed by atoms with Crippen LogP contribution in [0.1, 0.15) is 32.6 Å². The van der Waals surface area contributed by atoms with E-state index in [1.165, 1.54) is 0 Å². The Hall–Kier alpha value is -0.410. The first-order valence-corrected chi connectivity index (χ1v) is 4.98. The molecule has 3 heteroatoms. The van der Waals surface area contributed by atoms with E-state index >= 15 is 0 Å². The van der Waals surface area contributed by atoms with E-state index in [9.17, 15) is 4.79 Å². The number of rotatable bonds is 2. The van der Waals surface area contributed by atoms with Gasteiger partial charge in [-0.1, -0.05) is 0 Å². The average Bonchev–Trinajstić information content (AvgIpc) is 2.62. The lowest BCUT2D eigenvalue weighted by atomic mass is 9.98. The summed E-state index contributed by atoms with van der Waals surface area (Å²) >= 11 is 0. The van der Waals surface area contributed by atoms with E-state index in [0.717, 1.165) is 25.7 Å². The number of hydrogen-bond acceptors (Lipinski definition) is 3. The number of hydrogen-bond donors (Lipinski definition) is 0. The molecule has 1 atom stereocenters. The quantitative estimate of drug-likeness (QED) is 0.652. The Morgan fingerprint density at radius 1 is 1.46 bits per heavy atom. The number of Topliss-reactive ketones (excluding diaryl/α,β-unsaturated/α-hetero) is 1. The largest absolute Gasteiger partial charge is 0.348 e. The van der Waals surface area contributed by atoms with Crippen molar-refractivity contribution in [2.24, 2.45) is 5.92 Å². The van der Waals surface area contributed by atoms with Gasteiger partial charge in [0, 0.05) is 19.3 Å². The molecule has 74 valence electrons. The van der Waals surface area contributed by atoms with Crippen LogP contribution in [0.3, 0.4) is 0 Å². The van der Waals surface area contributed by atoms with E-state index in [0.29, 0.717) is 24.9 Å². The van der Waals surface area contributed by atoms with Crippen molar-refractivity contribution in [3.63, 3.8) is 0 Å². The van der Waals surface area contributed by atoms with Gasteiger partial charge in [-0.15, -0.1) is 0 Å². The molecule has 3 nitrogen and oxygen atoms in total. The lowest BCUT2D eigenvalue weighted by Gasteiger charge is -2.25. The smallest absolute Gasteiger partial charge is 0.166 e. The molecule has 2 rings (SSSR count). The van der Waals surface area contributed by atoms with Crippen LogP contribution >= 0.6 is 0 Å². The highest BCUT2D eigenvalue weighted by atomic mass is 16.7. The SMILES string of the molecule is CC1(C[C@H]2CCC(=O)C2)OCCO1. The van der Waals surface area contributed by atoms with Gasteiger partial charge in [-0.2, -0.15) is 0 Å². The molecule has 2 fully saturated rings. The van der Waals surface area contributed by atoms with Crippen molar-refractivity contribution in [3.05, 3.63) is 0 Å². The van der Waals surface area contributed by atoms with Crippen molar-refractivity contribution in [2.45, 2.75) is 38.4 Å². The van der Waals surface area contributed by atoms with Gasteiger partial charge in [-0.25, -0.2) is 0 Å². The second-order valence-corrected chi connectivity index (χ2v) is 4.18. The zero-order valence-corrected chi connectivity index (χ0v) is 8.04. The van der Waals surface area contributed by atoms with Gasteiger partial charge in [-0.3, -0.25) is 4.79 Å². The summed E-state index contributed by atoms with van der Waals surface area (Å²) in [4.78, 5) is 11.0. The molecule has 0 N–H and O–H groups in total. The topological polar surface area (TPSA) is 35.5 Å². The van der Waals surface area contributed by atoms with Crippen LogP contribution < -0.4 is 0 Å². The van der Waals surface area contributed by atoms with Crippen LogP contribution in [0.5, 0.6) is 0 Å². The van der Waals surface area contributed by atoms with E-state index in [1.54, 1.807) is 0 Å². The first kappa shape index (κ1) is 9.16. The van der Waals surface area contributed by atoms with E-state index in [-0.39, 0.29) is 0 Å². The molecule has 2 aliphatic rings. The third-order valence-electron chi connectivity index (χ3n) is 2.91. The molecule has 1 saturated carbocycles. The molecule has 0 radical (unpaired) electrons. The summed E-state index contributed by atoms with van der Waals surface area (Å²) in [6.07, 6.45) is 3.36. The van der Waals surface area contributed by atoms with E-state index < -0.39 is 5.79 Å². The first-order chi connectivity index (χ1) is 6.18. The number of carbonyl (C=O) groups is 1. The maximum Gasteiger partial charge on any atom is 0.166 e. The first-order valence-electron chi connectivity index (χ1n) is 4.98. The summed E-state index contributed by atoms with van der Waals surface area (Å²) in [6.45, 7) is 3.36. The Morgan fingerprint density at radius 3 is 2.69 bits per heavy atom. The van der Waals surface area contributed by atoms with E-state index in [1.807, 2.05) is 6.92 Å². The number of ketones is 1. The van der Waals surface area contributed by atoms with Crippen molar-refractivity contribution >= 4 is 5.78 Å². The molecule has 0 amide bonds. The summed E-state index contributed by atoms with van der Waals surface area (Å²) < 4.78 is 11.0. The highest BCUT2D eigenvalue weighted by molar-refractivity contribution is 5.80. The van der Waals surface area contributed by atoms with Crippen LogP contribution in [0.4, 0.5) is 0 Å². The standard InChI is InChI=1S/C10H16O3/c1-10(12-4-5-13-10)7-8-2-3-9(11)6-8/h8H,2-7H2,1H3/t8-/m0/s1. The van der Waals surface area contributed by atoms with Crippen LogP contribution in [0.15, 0.2) is 0 Å². The van der Waals surface area contributed by atoms with Crippen LogP contribution in [0.25, 0.3) is 0 Å². The summed E-state index contributed by atoms with van der Waals surface area (Å²) in [7, 11) is 0. The van der Waals surface area contributed by atoms with Crippen molar-refractivity contribution in [3.8, 4) is 0 Å². The predicted molar refractivity (Wildman–Crippen MR) is 47.3 cm³/mol. The van der Waals surface area contributed by atoms with Crippen LogP contribution in [0.2, 0.25) is 0 Å². The molecule has 1 heterocycles. The molecule has 0 unspecified atom stereocenters. The normalized spacial score (nSPS) is 32.7. The fraction of sp³-hybridized carbons (Fsp3) is 0.900. The second-order valence-electron chi connectivity index (χ2n) is 4.18. The molecule has 0 spiro atoms. The number of carbonyl (C=O) groups excluding carboxylic acids is 1. The molecular formula is C10H16O3. The Bertz CT molecular complexity index is 206. The maximum absolute atomic E-state index is 11.0. The van der Waals surface area contributed by atoms with E-state index in [2.05, 4.69) is 0 Å². The lowest BCUT2D eigenvalue weighted by Crippen LogP contribution is -2.28. The summed E-state index contributed by atoms with van der Waals surface area (Å²) in [5, 5.41) is 0. The van der Waals surface area contributed by atoms with Gasteiger partial charge < -0.3 is 9.47 Å². The van der Waals surface area contributed by atoms with Crippen molar-refractivity contribution in [1.29, 1.82) is 0 Å². The Labute approximate surface area is 78.4 Å². The predicted octanol–water partition coefficient (Wildman–Crippen LogP) is 1.51. The van der Waals surface area contributed by atoms with Crippen molar-refractivity contribution < 1.29 is 14.3 Å². The highest BCUT2D eigenvalue weighted by Gasteiger charge is 2.36. The minimum absolute atomic E-state index is 0.395. The summed E-state index contributed by atoms with van der Waals surface area (Å²) in [5.41, 5.74) is 0. The van der Waals surface area contributed by atoms with Gasteiger partial charge in [0.2, 0.25) is 0 Å². The van der Waals surface area contributed by atoms with Gasteiger partial charge in [0.05, 0.1) is 13.2 Å². The summed E-state index contributed by atoms with van der Waals surface area (Å²) in [6, 6.07) is 0. The Morgan fingerprint density at radius 2 is 2.15 bits per heavy atom. The van der Waals surface area contributed by atoms with Crippen molar-refractivity contribution in [2.75, 3.05) is 13.2 Å². The molecule has 1 aliphatic heterocycles. The Kier molecular flexibility index (Phi) is 2.39. The highest BCUT2D eigenvalue weighted by Crippen LogP contribution is 2.34. The molecule has 0 bridgehead atoms. The fourth-order valence-corrected chi connectivity index (χ4v) is 2.26. The molecule has 0 aromatic rings. The van der Waals surface area contributed by atoms with Gasteiger partial charge in [-0.05, 0) is 19.3 Å². The molecule has 13 heavy (non-hydrogen) atoms. The van der Waals surface area contributed by atoms with Crippen molar-refractivity contribution in [1.82, 2.24) is 0 Å². The molecule has 1 saturated heterocycles. The third kappa shape index (κ3) is 2.09. The molecular weight excluding hydrogens is 168 g/mol. The number of ether oxygens (including phenoxy) is 2. The zero-order valence-electron chi connectivity index (χ0n) is 8.04. The average molecular weight is 184 g/mol. The molecule has 1 aliphatic carbocycles. The van der Waals surface area contributed by atoms with Gasteiger partial charge >= 0.3 is 0 Å². The second kappa shape index (κ2) is 3.39. The van der Waals surface area contributed by atoms with Crippen LogP contribution in [0, 0.1) is 5.92 Å². The minimum Gasteiger partial charge on any atom is -0.348 e. The lowest BCUT2D eigenvalue weighted by molar-refractivity contribution is -0.154. The van der Waals surface area contributed by atoms with Gasteiger partial charge in [0.25, 0.3) is 0 Å². The van der Waals surface area contributed by atoms with Crippen LogP contribution in [-0.4, -0.2) is 24.8 Å². The summed E-state index contributed by atoms with van der Waals surface area (Å²) in [5.74, 6) is 0.470. The fourth-order valence-electron chi connectivity index (χ4n) is 2.26. The van der Waals surface area contributed by atoms with Gasteiger partial charge in [0.15, 0.2) is 5.79 Å². The van der Waals surface area contributed by atoms with Gasteiger partial charge in [0.1, 0.15) is 5.78 Å². The third-order valence-corrected chi connectivity index (χ3v) is 2.91. The molecule has 0 aromatic carbocycles.